The Bertz CT molecular complexity index is 754. The van der Waals surface area contributed by atoms with E-state index in [0.717, 1.165) is 0 Å². The molecular formula is C16H14N2O5. The Hall–Kier alpha value is -3.06. The predicted molar refractivity (Wildman–Crippen MR) is 84.1 cm³/mol. The van der Waals surface area contributed by atoms with Crippen molar-refractivity contribution >= 4 is 23.6 Å². The molecule has 2 aromatic rings. The summed E-state index contributed by atoms with van der Waals surface area (Å²) in [5, 5.41) is 20.1. The van der Waals surface area contributed by atoms with E-state index in [1.807, 2.05) is 0 Å². The number of carbonyl (C=O) groups excluding carboxylic acids is 1. The first-order valence-corrected chi connectivity index (χ1v) is 6.65. The zero-order valence-corrected chi connectivity index (χ0v) is 12.3. The number of non-ortho nitro benzene ring substituents is 1. The minimum atomic E-state index is -0.510. The third-order valence-electron chi connectivity index (χ3n) is 3.15. The normalized spacial score (nSPS) is 10.7. The number of ether oxygens (including phenoxy) is 1. The zero-order valence-electron chi connectivity index (χ0n) is 12.3. The standard InChI is InChI=1S/C16H14N2O5/c1-23-16(20)11-2-5-14(6-3-11)17-9-13-8-15(18(21)22)7-4-12(13)10-19/h2-9,19H,10H2,1H3. The summed E-state index contributed by atoms with van der Waals surface area (Å²) in [6, 6.07) is 10.5. The maximum atomic E-state index is 11.3. The van der Waals surface area contributed by atoms with Gasteiger partial charge in [0.1, 0.15) is 0 Å². The molecule has 0 saturated heterocycles. The van der Waals surface area contributed by atoms with E-state index >= 15 is 0 Å². The number of hydrogen-bond donors (Lipinski definition) is 1. The van der Waals surface area contributed by atoms with Crippen LogP contribution in [0.25, 0.3) is 0 Å². The number of carbonyl (C=O) groups is 1. The molecule has 0 radical (unpaired) electrons. The van der Waals surface area contributed by atoms with Gasteiger partial charge in [0.2, 0.25) is 0 Å². The van der Waals surface area contributed by atoms with E-state index < -0.39 is 10.9 Å². The molecule has 0 heterocycles. The molecule has 0 aromatic heterocycles. The maximum absolute atomic E-state index is 11.3. The van der Waals surface area contributed by atoms with Crippen molar-refractivity contribution in [2.45, 2.75) is 6.61 Å². The number of aliphatic hydroxyl groups excluding tert-OH is 1. The molecule has 7 nitrogen and oxygen atoms in total. The summed E-state index contributed by atoms with van der Waals surface area (Å²) >= 11 is 0. The fraction of sp³-hybridized carbons (Fsp3) is 0.125. The van der Waals surface area contributed by atoms with E-state index in [4.69, 9.17) is 0 Å². The topological polar surface area (TPSA) is 102 Å². The van der Waals surface area contributed by atoms with Gasteiger partial charge in [-0.15, -0.1) is 0 Å². The van der Waals surface area contributed by atoms with Crippen molar-refractivity contribution in [1.29, 1.82) is 0 Å². The van der Waals surface area contributed by atoms with Crippen molar-refractivity contribution < 1.29 is 19.6 Å². The first-order valence-electron chi connectivity index (χ1n) is 6.65. The van der Waals surface area contributed by atoms with Gasteiger partial charge in [-0.25, -0.2) is 4.79 Å². The van der Waals surface area contributed by atoms with Crippen molar-refractivity contribution in [3.8, 4) is 0 Å². The number of esters is 1. The number of aliphatic hydroxyl groups is 1. The molecule has 0 saturated carbocycles. The van der Waals surface area contributed by atoms with Crippen LogP contribution >= 0.6 is 0 Å². The van der Waals surface area contributed by atoms with Crippen LogP contribution in [-0.4, -0.2) is 29.3 Å². The van der Waals surface area contributed by atoms with Gasteiger partial charge in [-0.05, 0) is 35.9 Å². The van der Waals surface area contributed by atoms with E-state index in [0.29, 0.717) is 22.4 Å². The van der Waals surface area contributed by atoms with E-state index in [9.17, 15) is 20.0 Å². The number of nitro benzene ring substituents is 1. The van der Waals surface area contributed by atoms with Gasteiger partial charge in [-0.1, -0.05) is 0 Å². The number of hydrogen-bond acceptors (Lipinski definition) is 6. The molecule has 0 unspecified atom stereocenters. The highest BCUT2D eigenvalue weighted by Gasteiger charge is 2.09. The molecule has 0 spiro atoms. The molecular weight excluding hydrogens is 300 g/mol. The summed E-state index contributed by atoms with van der Waals surface area (Å²) in [6.45, 7) is -0.249. The van der Waals surface area contributed by atoms with Crippen LogP contribution in [0.2, 0.25) is 0 Å². The van der Waals surface area contributed by atoms with E-state index in [1.54, 1.807) is 24.3 Å². The highest BCUT2D eigenvalue weighted by Crippen LogP contribution is 2.19. The highest BCUT2D eigenvalue weighted by molar-refractivity contribution is 5.90. The molecule has 0 aliphatic carbocycles. The van der Waals surface area contributed by atoms with E-state index in [1.165, 1.54) is 31.5 Å². The summed E-state index contributed by atoms with van der Waals surface area (Å²) in [7, 11) is 1.30. The molecule has 1 N–H and O–H groups in total. The van der Waals surface area contributed by atoms with Crippen LogP contribution in [0, 0.1) is 10.1 Å². The minimum absolute atomic E-state index is 0.0790. The smallest absolute Gasteiger partial charge is 0.337 e. The molecule has 0 fully saturated rings. The second-order valence-electron chi connectivity index (χ2n) is 4.59. The molecule has 23 heavy (non-hydrogen) atoms. The second-order valence-corrected chi connectivity index (χ2v) is 4.59. The fourth-order valence-electron chi connectivity index (χ4n) is 1.91. The van der Waals surface area contributed by atoms with E-state index in [2.05, 4.69) is 9.73 Å². The summed E-state index contributed by atoms with van der Waals surface area (Å²) in [6.07, 6.45) is 1.44. The summed E-state index contributed by atoms with van der Waals surface area (Å²) in [5.74, 6) is -0.443. The van der Waals surface area contributed by atoms with Crippen molar-refractivity contribution in [3.05, 3.63) is 69.3 Å². The molecule has 2 rings (SSSR count). The van der Waals surface area contributed by atoms with Gasteiger partial charge < -0.3 is 9.84 Å². The Morgan fingerprint density at radius 3 is 2.57 bits per heavy atom. The minimum Gasteiger partial charge on any atom is -0.465 e. The van der Waals surface area contributed by atoms with Crippen LogP contribution < -0.4 is 0 Å². The summed E-state index contributed by atoms with van der Waals surface area (Å²) < 4.78 is 4.60. The Kier molecular flexibility index (Phi) is 5.16. The molecule has 0 atom stereocenters. The van der Waals surface area contributed by atoms with Crippen molar-refractivity contribution in [2.24, 2.45) is 4.99 Å². The molecule has 0 aliphatic heterocycles. The van der Waals surface area contributed by atoms with Gasteiger partial charge in [-0.2, -0.15) is 0 Å². The lowest BCUT2D eigenvalue weighted by atomic mass is 10.1. The van der Waals surface area contributed by atoms with Crippen molar-refractivity contribution in [2.75, 3.05) is 7.11 Å². The van der Waals surface area contributed by atoms with E-state index in [-0.39, 0.29) is 12.3 Å². The van der Waals surface area contributed by atoms with Crippen LogP contribution in [0.5, 0.6) is 0 Å². The second kappa shape index (κ2) is 7.28. The number of aliphatic imine (C=N–C) groups is 1. The zero-order chi connectivity index (χ0) is 16.8. The average Bonchev–Trinajstić information content (AvgIpc) is 2.59. The molecule has 2 aromatic carbocycles. The van der Waals surface area contributed by atoms with Gasteiger partial charge >= 0.3 is 5.97 Å². The third kappa shape index (κ3) is 3.98. The lowest BCUT2D eigenvalue weighted by molar-refractivity contribution is -0.384. The monoisotopic (exact) mass is 314 g/mol. The SMILES string of the molecule is COC(=O)c1ccc(N=Cc2cc([N+](=O)[O-])ccc2CO)cc1. The van der Waals surface area contributed by atoms with Gasteiger partial charge in [0.05, 0.1) is 29.9 Å². The lowest BCUT2D eigenvalue weighted by Crippen LogP contribution is -1.99. The number of rotatable bonds is 5. The largest absolute Gasteiger partial charge is 0.465 e. The first-order chi connectivity index (χ1) is 11.0. The van der Waals surface area contributed by atoms with Crippen LogP contribution in [0.1, 0.15) is 21.5 Å². The number of nitro groups is 1. The van der Waals surface area contributed by atoms with Crippen molar-refractivity contribution in [3.63, 3.8) is 0 Å². The molecule has 0 aliphatic rings. The Morgan fingerprint density at radius 1 is 1.30 bits per heavy atom. The molecule has 7 heteroatoms. The highest BCUT2D eigenvalue weighted by atomic mass is 16.6. The summed E-state index contributed by atoms with van der Waals surface area (Å²) in [5.41, 5.74) is 1.87. The fourth-order valence-corrected chi connectivity index (χ4v) is 1.91. The number of nitrogens with zero attached hydrogens (tertiary/aromatic N) is 2. The van der Waals surface area contributed by atoms with Crippen LogP contribution in [-0.2, 0) is 11.3 Å². The average molecular weight is 314 g/mol. The number of methoxy groups -OCH3 is 1. The Morgan fingerprint density at radius 2 is 2.00 bits per heavy atom. The van der Waals surface area contributed by atoms with Crippen LogP contribution in [0.4, 0.5) is 11.4 Å². The number of benzene rings is 2. The maximum Gasteiger partial charge on any atom is 0.337 e. The van der Waals surface area contributed by atoms with Crippen LogP contribution in [0.3, 0.4) is 0 Å². The third-order valence-corrected chi connectivity index (χ3v) is 3.15. The van der Waals surface area contributed by atoms with Gasteiger partial charge in [0.25, 0.3) is 5.69 Å². The van der Waals surface area contributed by atoms with Gasteiger partial charge in [0, 0.05) is 23.9 Å². The first kappa shape index (κ1) is 16.3. The molecule has 118 valence electrons. The summed E-state index contributed by atoms with van der Waals surface area (Å²) in [4.78, 5) is 25.8. The molecule has 0 amide bonds. The van der Waals surface area contributed by atoms with Crippen LogP contribution in [0.15, 0.2) is 47.5 Å². The Labute approximate surface area is 132 Å². The predicted octanol–water partition coefficient (Wildman–Crippen LogP) is 2.62. The molecule has 0 bridgehead atoms. The van der Waals surface area contributed by atoms with Crippen molar-refractivity contribution in [1.82, 2.24) is 0 Å². The van der Waals surface area contributed by atoms with Gasteiger partial charge in [0.15, 0.2) is 0 Å². The quantitative estimate of drug-likeness (QED) is 0.395. The Balaban J connectivity index is 2.27. The van der Waals surface area contributed by atoms with Gasteiger partial charge in [-0.3, -0.25) is 15.1 Å². The lowest BCUT2D eigenvalue weighted by Gasteiger charge is -2.02.